The van der Waals surface area contributed by atoms with Gasteiger partial charge >= 0.3 is 5.69 Å². The predicted octanol–water partition coefficient (Wildman–Crippen LogP) is 3.36. The molecule has 0 aliphatic carbocycles. The van der Waals surface area contributed by atoms with Gasteiger partial charge in [-0.3, -0.25) is 13.9 Å². The van der Waals surface area contributed by atoms with Crippen molar-refractivity contribution in [2.45, 2.75) is 44.8 Å². The van der Waals surface area contributed by atoms with E-state index in [1.165, 1.54) is 0 Å². The first-order valence-corrected chi connectivity index (χ1v) is 8.58. The van der Waals surface area contributed by atoms with Crippen LogP contribution >= 0.6 is 11.8 Å². The van der Waals surface area contributed by atoms with Crippen molar-refractivity contribution in [3.05, 3.63) is 22.6 Å². The lowest BCUT2D eigenvalue weighted by molar-refractivity contribution is -0.123. The van der Waals surface area contributed by atoms with Crippen LogP contribution in [0.25, 0.3) is 11.0 Å². The maximum atomic E-state index is 12.4. The van der Waals surface area contributed by atoms with Gasteiger partial charge in [0.1, 0.15) is 0 Å². The molecule has 0 radical (unpaired) electrons. The monoisotopic (exact) mass is 335 g/mol. The normalized spacial score (nSPS) is 12.2. The average Bonchev–Trinajstić information content (AvgIpc) is 2.62. The molecule has 5 nitrogen and oxygen atoms in total. The summed E-state index contributed by atoms with van der Waals surface area (Å²) in [6.07, 6.45) is 0. The number of carbonyl (C=O) groups excluding carboxylic acids is 1. The van der Waals surface area contributed by atoms with E-state index in [4.69, 9.17) is 0 Å². The summed E-state index contributed by atoms with van der Waals surface area (Å²) < 4.78 is 3.24. The number of imidazole rings is 1. The van der Waals surface area contributed by atoms with Crippen LogP contribution in [0.5, 0.6) is 0 Å². The van der Waals surface area contributed by atoms with Crippen LogP contribution in [0.1, 0.15) is 34.6 Å². The largest absolute Gasteiger partial charge is 0.328 e. The quantitative estimate of drug-likeness (QED) is 0.875. The number of aryl methyl sites for hydroxylation is 2. The van der Waals surface area contributed by atoms with Crippen molar-refractivity contribution >= 4 is 34.4 Å². The SMILES string of the molecule is CC(C)Sc1cc2c(cc1NC(=O)C(C)(C)C)n(C)c(=O)n2C. The van der Waals surface area contributed by atoms with Crippen LogP contribution in [0.3, 0.4) is 0 Å². The zero-order chi connectivity index (χ0) is 17.5. The third kappa shape index (κ3) is 3.47. The molecule has 23 heavy (non-hydrogen) atoms. The summed E-state index contributed by atoms with van der Waals surface area (Å²) in [5, 5.41) is 3.39. The Morgan fingerprint density at radius 3 is 2.13 bits per heavy atom. The molecule has 0 unspecified atom stereocenters. The lowest BCUT2D eigenvalue weighted by Gasteiger charge is -2.20. The number of amides is 1. The van der Waals surface area contributed by atoms with Crippen LogP contribution in [0, 0.1) is 5.41 Å². The number of benzene rings is 1. The van der Waals surface area contributed by atoms with E-state index < -0.39 is 5.41 Å². The summed E-state index contributed by atoms with van der Waals surface area (Å²) >= 11 is 1.68. The summed E-state index contributed by atoms with van der Waals surface area (Å²) in [6.45, 7) is 9.86. The second-order valence-electron chi connectivity index (χ2n) is 7.11. The maximum Gasteiger partial charge on any atom is 0.328 e. The predicted molar refractivity (Wildman–Crippen MR) is 97.2 cm³/mol. The van der Waals surface area contributed by atoms with Crippen molar-refractivity contribution in [3.8, 4) is 0 Å². The molecular formula is C17H25N3O2S. The second kappa shape index (κ2) is 6.07. The molecule has 6 heteroatoms. The van der Waals surface area contributed by atoms with Gasteiger partial charge in [0.15, 0.2) is 0 Å². The first-order valence-electron chi connectivity index (χ1n) is 7.70. The Labute approximate surface area is 141 Å². The smallest absolute Gasteiger partial charge is 0.325 e. The number of anilines is 1. The van der Waals surface area contributed by atoms with Crippen molar-refractivity contribution in [1.29, 1.82) is 0 Å². The Balaban J connectivity index is 2.63. The van der Waals surface area contributed by atoms with E-state index in [1.54, 1.807) is 35.0 Å². The van der Waals surface area contributed by atoms with Crippen LogP contribution in [0.15, 0.2) is 21.8 Å². The molecule has 1 aromatic heterocycles. The molecule has 1 N–H and O–H groups in total. The molecule has 0 aliphatic rings. The van der Waals surface area contributed by atoms with Gasteiger partial charge in [0.05, 0.1) is 16.7 Å². The molecule has 0 atom stereocenters. The van der Waals surface area contributed by atoms with Gasteiger partial charge in [-0.15, -0.1) is 11.8 Å². The summed E-state index contributed by atoms with van der Waals surface area (Å²) in [4.78, 5) is 25.5. The van der Waals surface area contributed by atoms with Crippen LogP contribution < -0.4 is 11.0 Å². The lowest BCUT2D eigenvalue weighted by Crippen LogP contribution is -2.27. The molecule has 0 fully saturated rings. The highest BCUT2D eigenvalue weighted by molar-refractivity contribution is 8.00. The van der Waals surface area contributed by atoms with Crippen LogP contribution in [-0.2, 0) is 18.9 Å². The summed E-state index contributed by atoms with van der Waals surface area (Å²) in [5.41, 5.74) is 1.90. The fraction of sp³-hybridized carbons (Fsp3) is 0.529. The first-order chi connectivity index (χ1) is 10.5. The van der Waals surface area contributed by atoms with E-state index in [2.05, 4.69) is 19.2 Å². The van der Waals surface area contributed by atoms with Gasteiger partial charge in [0, 0.05) is 29.7 Å². The third-order valence-corrected chi connectivity index (χ3v) is 4.73. The Morgan fingerprint density at radius 2 is 1.65 bits per heavy atom. The van der Waals surface area contributed by atoms with Gasteiger partial charge in [-0.25, -0.2) is 4.79 Å². The van der Waals surface area contributed by atoms with Crippen molar-refractivity contribution in [2.24, 2.45) is 19.5 Å². The van der Waals surface area contributed by atoms with E-state index in [1.807, 2.05) is 32.9 Å². The van der Waals surface area contributed by atoms with Gasteiger partial charge in [-0.2, -0.15) is 0 Å². The molecular weight excluding hydrogens is 310 g/mol. The highest BCUT2D eigenvalue weighted by Crippen LogP contribution is 2.34. The Kier molecular flexibility index (Phi) is 4.66. The molecule has 1 aromatic carbocycles. The zero-order valence-corrected chi connectivity index (χ0v) is 15.7. The summed E-state index contributed by atoms with van der Waals surface area (Å²) in [5.74, 6) is -0.0385. The minimum absolute atomic E-state index is 0.0385. The molecule has 0 bridgehead atoms. The van der Waals surface area contributed by atoms with Gasteiger partial charge < -0.3 is 5.32 Å². The number of hydrogen-bond donors (Lipinski definition) is 1. The minimum Gasteiger partial charge on any atom is -0.325 e. The Morgan fingerprint density at radius 1 is 1.13 bits per heavy atom. The number of nitrogens with zero attached hydrogens (tertiary/aromatic N) is 2. The van der Waals surface area contributed by atoms with E-state index in [-0.39, 0.29) is 11.6 Å². The number of fused-ring (bicyclic) bond motifs is 1. The van der Waals surface area contributed by atoms with Crippen molar-refractivity contribution < 1.29 is 4.79 Å². The fourth-order valence-corrected chi connectivity index (χ4v) is 3.21. The van der Waals surface area contributed by atoms with Crippen LogP contribution in [0.2, 0.25) is 0 Å². The average molecular weight is 335 g/mol. The fourth-order valence-electron chi connectivity index (χ4n) is 2.28. The molecule has 1 heterocycles. The van der Waals surface area contributed by atoms with Crippen molar-refractivity contribution in [2.75, 3.05) is 5.32 Å². The van der Waals surface area contributed by atoms with Gasteiger partial charge in [-0.1, -0.05) is 34.6 Å². The number of aromatic nitrogens is 2. The summed E-state index contributed by atoms with van der Waals surface area (Å²) in [6, 6.07) is 3.88. The molecule has 0 aliphatic heterocycles. The van der Waals surface area contributed by atoms with Crippen LogP contribution in [-0.4, -0.2) is 20.3 Å². The zero-order valence-electron chi connectivity index (χ0n) is 14.9. The van der Waals surface area contributed by atoms with E-state index in [0.29, 0.717) is 5.25 Å². The van der Waals surface area contributed by atoms with Gasteiger partial charge in [0.25, 0.3) is 0 Å². The van der Waals surface area contributed by atoms with Gasteiger partial charge in [-0.05, 0) is 12.1 Å². The topological polar surface area (TPSA) is 56.0 Å². The van der Waals surface area contributed by atoms with Crippen molar-refractivity contribution in [1.82, 2.24) is 9.13 Å². The maximum absolute atomic E-state index is 12.4. The Bertz CT molecular complexity index is 810. The first kappa shape index (κ1) is 17.7. The number of hydrogen-bond acceptors (Lipinski definition) is 3. The lowest BCUT2D eigenvalue weighted by atomic mass is 9.95. The molecule has 0 spiro atoms. The Hall–Kier alpha value is -1.69. The van der Waals surface area contributed by atoms with E-state index in [0.717, 1.165) is 21.6 Å². The molecule has 2 rings (SSSR count). The molecule has 126 valence electrons. The second-order valence-corrected chi connectivity index (χ2v) is 8.73. The number of carbonyl (C=O) groups is 1. The number of thioether (sulfide) groups is 1. The van der Waals surface area contributed by atoms with Gasteiger partial charge in [0.2, 0.25) is 5.91 Å². The summed E-state index contributed by atoms with van der Waals surface area (Å²) in [7, 11) is 3.51. The van der Waals surface area contributed by atoms with Crippen LogP contribution in [0.4, 0.5) is 5.69 Å². The van der Waals surface area contributed by atoms with Crippen molar-refractivity contribution in [3.63, 3.8) is 0 Å². The molecule has 0 saturated heterocycles. The molecule has 1 amide bonds. The standard InChI is InChI=1S/C17H25N3O2S/c1-10(2)23-14-9-13-12(19(6)16(22)20(13)7)8-11(14)18-15(21)17(3,4)5/h8-10H,1-7H3,(H,18,21). The highest BCUT2D eigenvalue weighted by atomic mass is 32.2. The number of rotatable bonds is 3. The minimum atomic E-state index is -0.475. The molecule has 0 saturated carbocycles. The third-order valence-electron chi connectivity index (χ3n) is 3.67. The molecule has 2 aromatic rings. The van der Waals surface area contributed by atoms with E-state index >= 15 is 0 Å². The number of nitrogens with one attached hydrogen (secondary N) is 1. The van der Waals surface area contributed by atoms with E-state index in [9.17, 15) is 9.59 Å². The highest BCUT2D eigenvalue weighted by Gasteiger charge is 2.23.